The smallest absolute Gasteiger partial charge is 0.224 e. The minimum atomic E-state index is -0.612. The fourth-order valence-corrected chi connectivity index (χ4v) is 4.03. The first kappa shape index (κ1) is 23.1. The Bertz CT molecular complexity index is 746. The second kappa shape index (κ2) is 10.0. The largest absolute Gasteiger partial charge is 0.368 e. The third-order valence-electron chi connectivity index (χ3n) is 5.63. The van der Waals surface area contributed by atoms with Gasteiger partial charge in [0.25, 0.3) is 0 Å². The second-order valence-corrected chi connectivity index (χ2v) is 8.33. The lowest BCUT2D eigenvalue weighted by atomic mass is 9.91. The summed E-state index contributed by atoms with van der Waals surface area (Å²) in [4.78, 5) is 39.6. The van der Waals surface area contributed by atoms with Crippen LogP contribution >= 0.6 is 0 Å². The van der Waals surface area contributed by atoms with E-state index < -0.39 is 12.0 Å². The van der Waals surface area contributed by atoms with Crippen LogP contribution in [-0.4, -0.2) is 47.8 Å². The standard InChI is InChI=1S/C22H30N2O4.CH4/c1-14(2)10-18(22(27)23-21-15(3)28-13-19(21)25)11-20(26)24-9-8-16-6-4-5-7-17(16)12-24;/h4-7,14-15,18,21H,8-13H2,1-3H3,(H,23,27);1H4/t15-,18-,21-;/m1./s1. The molecule has 2 heterocycles. The maximum Gasteiger partial charge on any atom is 0.224 e. The van der Waals surface area contributed by atoms with Gasteiger partial charge in [0.05, 0.1) is 6.10 Å². The lowest BCUT2D eigenvalue weighted by Crippen LogP contribution is -2.47. The maximum absolute atomic E-state index is 12.9. The number of amides is 2. The maximum atomic E-state index is 12.9. The van der Waals surface area contributed by atoms with Crippen molar-refractivity contribution >= 4 is 17.6 Å². The SMILES string of the molecule is C.CC(C)C[C@H](CC(=O)N1CCc2ccccc2C1)C(=O)N[C@H]1C(=O)CO[C@@H]1C. The Morgan fingerprint density at radius 1 is 1.24 bits per heavy atom. The first-order chi connectivity index (χ1) is 13.3. The molecule has 6 heteroatoms. The summed E-state index contributed by atoms with van der Waals surface area (Å²) in [6.07, 6.45) is 1.29. The van der Waals surface area contributed by atoms with Gasteiger partial charge in [-0.2, -0.15) is 0 Å². The minimum absolute atomic E-state index is 0. The van der Waals surface area contributed by atoms with E-state index >= 15 is 0 Å². The van der Waals surface area contributed by atoms with Crippen molar-refractivity contribution in [2.24, 2.45) is 11.8 Å². The van der Waals surface area contributed by atoms with Gasteiger partial charge >= 0.3 is 0 Å². The number of carbonyl (C=O) groups excluding carboxylic acids is 3. The molecular weight excluding hydrogens is 368 g/mol. The van der Waals surface area contributed by atoms with E-state index in [0.717, 1.165) is 6.42 Å². The van der Waals surface area contributed by atoms with Gasteiger partial charge in [-0.05, 0) is 36.8 Å². The van der Waals surface area contributed by atoms with Crippen molar-refractivity contribution in [2.45, 2.75) is 66.2 Å². The number of benzene rings is 1. The number of rotatable bonds is 6. The molecule has 2 aliphatic heterocycles. The minimum Gasteiger partial charge on any atom is -0.368 e. The number of nitrogens with one attached hydrogen (secondary N) is 1. The highest BCUT2D eigenvalue weighted by Crippen LogP contribution is 2.23. The van der Waals surface area contributed by atoms with E-state index in [4.69, 9.17) is 4.74 Å². The fourth-order valence-electron chi connectivity index (χ4n) is 4.03. The molecule has 2 amide bonds. The van der Waals surface area contributed by atoms with Crippen molar-refractivity contribution < 1.29 is 19.1 Å². The Balaban J connectivity index is 0.00000300. The van der Waals surface area contributed by atoms with Crippen LogP contribution in [0.15, 0.2) is 24.3 Å². The monoisotopic (exact) mass is 402 g/mol. The molecule has 0 saturated carbocycles. The van der Waals surface area contributed by atoms with Gasteiger partial charge < -0.3 is 15.0 Å². The number of carbonyl (C=O) groups is 3. The third kappa shape index (κ3) is 5.66. The average molecular weight is 403 g/mol. The molecule has 29 heavy (non-hydrogen) atoms. The lowest BCUT2D eigenvalue weighted by Gasteiger charge is -2.30. The number of hydrogen-bond donors (Lipinski definition) is 1. The van der Waals surface area contributed by atoms with E-state index in [0.29, 0.717) is 19.5 Å². The lowest BCUT2D eigenvalue weighted by molar-refractivity contribution is -0.138. The molecular formula is C23H34N2O4. The summed E-state index contributed by atoms with van der Waals surface area (Å²) in [5.74, 6) is -0.500. The van der Waals surface area contributed by atoms with Crippen molar-refractivity contribution in [3.05, 3.63) is 35.4 Å². The van der Waals surface area contributed by atoms with Crippen LogP contribution in [0.1, 0.15) is 52.2 Å². The quantitative estimate of drug-likeness (QED) is 0.794. The Kier molecular flexibility index (Phi) is 7.96. The summed E-state index contributed by atoms with van der Waals surface area (Å²) in [5, 5.41) is 2.82. The van der Waals surface area contributed by atoms with Crippen LogP contribution in [0.4, 0.5) is 0 Å². The van der Waals surface area contributed by atoms with Crippen molar-refractivity contribution in [1.82, 2.24) is 10.2 Å². The number of hydrogen-bond acceptors (Lipinski definition) is 4. The van der Waals surface area contributed by atoms with Gasteiger partial charge in [-0.1, -0.05) is 45.5 Å². The zero-order valence-electron chi connectivity index (χ0n) is 16.9. The van der Waals surface area contributed by atoms with Gasteiger partial charge in [-0.25, -0.2) is 0 Å². The van der Waals surface area contributed by atoms with Crippen molar-refractivity contribution in [3.63, 3.8) is 0 Å². The zero-order chi connectivity index (χ0) is 20.3. The Morgan fingerprint density at radius 3 is 2.55 bits per heavy atom. The predicted octanol–water partition coefficient (Wildman–Crippen LogP) is 2.73. The summed E-state index contributed by atoms with van der Waals surface area (Å²) < 4.78 is 5.31. The van der Waals surface area contributed by atoms with Crippen LogP contribution in [-0.2, 0) is 32.1 Å². The number of ketones is 1. The first-order valence-corrected chi connectivity index (χ1v) is 10.1. The summed E-state index contributed by atoms with van der Waals surface area (Å²) in [7, 11) is 0. The molecule has 1 fully saturated rings. The second-order valence-electron chi connectivity index (χ2n) is 8.33. The summed E-state index contributed by atoms with van der Waals surface area (Å²) in [5.41, 5.74) is 2.46. The Labute approximate surface area is 174 Å². The normalized spacial score (nSPS) is 22.1. The molecule has 2 aliphatic rings. The molecule has 3 rings (SSSR count). The zero-order valence-corrected chi connectivity index (χ0v) is 16.9. The molecule has 0 unspecified atom stereocenters. The van der Waals surface area contributed by atoms with E-state index in [1.807, 2.05) is 30.9 Å². The van der Waals surface area contributed by atoms with Crippen molar-refractivity contribution in [2.75, 3.05) is 13.2 Å². The number of ether oxygens (including phenoxy) is 1. The van der Waals surface area contributed by atoms with E-state index in [-0.39, 0.29) is 50.1 Å². The van der Waals surface area contributed by atoms with Crippen LogP contribution in [0.2, 0.25) is 0 Å². The number of fused-ring (bicyclic) bond motifs is 1. The summed E-state index contributed by atoms with van der Waals surface area (Å²) in [6, 6.07) is 7.56. The molecule has 1 N–H and O–H groups in total. The molecule has 0 spiro atoms. The molecule has 0 aliphatic carbocycles. The number of Topliss-reactive ketones (excluding diaryl/α,β-unsaturated/α-hetero) is 1. The van der Waals surface area contributed by atoms with Gasteiger partial charge in [0.2, 0.25) is 11.8 Å². The molecule has 1 saturated heterocycles. The van der Waals surface area contributed by atoms with Crippen LogP contribution in [0.3, 0.4) is 0 Å². The van der Waals surface area contributed by atoms with Crippen molar-refractivity contribution in [1.29, 1.82) is 0 Å². The van der Waals surface area contributed by atoms with Crippen LogP contribution in [0.5, 0.6) is 0 Å². The molecule has 0 bridgehead atoms. The topological polar surface area (TPSA) is 75.7 Å². The predicted molar refractivity (Wildman–Crippen MR) is 112 cm³/mol. The highest BCUT2D eigenvalue weighted by atomic mass is 16.5. The van der Waals surface area contributed by atoms with E-state index in [1.165, 1.54) is 11.1 Å². The molecule has 3 atom stereocenters. The van der Waals surface area contributed by atoms with Crippen LogP contribution in [0.25, 0.3) is 0 Å². The van der Waals surface area contributed by atoms with Crippen LogP contribution < -0.4 is 5.32 Å². The molecule has 0 aromatic heterocycles. The first-order valence-electron chi connectivity index (χ1n) is 10.1. The molecule has 160 valence electrons. The average Bonchev–Trinajstić information content (AvgIpc) is 2.98. The van der Waals surface area contributed by atoms with Gasteiger partial charge in [-0.15, -0.1) is 0 Å². The Hall–Kier alpha value is -2.21. The Morgan fingerprint density at radius 2 is 1.93 bits per heavy atom. The third-order valence-corrected chi connectivity index (χ3v) is 5.63. The fraction of sp³-hybridized carbons (Fsp3) is 0.609. The molecule has 0 radical (unpaired) electrons. The molecule has 1 aromatic carbocycles. The van der Waals surface area contributed by atoms with Gasteiger partial charge in [0.15, 0.2) is 5.78 Å². The highest BCUT2D eigenvalue weighted by Gasteiger charge is 2.36. The van der Waals surface area contributed by atoms with Gasteiger partial charge in [0, 0.05) is 25.4 Å². The number of nitrogens with zero attached hydrogens (tertiary/aromatic N) is 1. The summed E-state index contributed by atoms with van der Waals surface area (Å²) in [6.45, 7) is 7.16. The van der Waals surface area contributed by atoms with Crippen LogP contribution in [0, 0.1) is 11.8 Å². The summed E-state index contributed by atoms with van der Waals surface area (Å²) >= 11 is 0. The molecule has 6 nitrogen and oxygen atoms in total. The van der Waals surface area contributed by atoms with E-state index in [1.54, 1.807) is 6.92 Å². The molecule has 1 aromatic rings. The van der Waals surface area contributed by atoms with Gasteiger partial charge in [-0.3, -0.25) is 14.4 Å². The van der Waals surface area contributed by atoms with E-state index in [9.17, 15) is 14.4 Å². The van der Waals surface area contributed by atoms with E-state index in [2.05, 4.69) is 17.4 Å². The highest BCUT2D eigenvalue weighted by molar-refractivity contribution is 5.93. The van der Waals surface area contributed by atoms with Gasteiger partial charge in [0.1, 0.15) is 12.6 Å². The van der Waals surface area contributed by atoms with Crippen molar-refractivity contribution in [3.8, 4) is 0 Å².